The lowest BCUT2D eigenvalue weighted by Crippen LogP contribution is -2.45. The second-order valence-electron chi connectivity index (χ2n) is 4.48. The Bertz CT molecular complexity index is 371. The van der Waals surface area contributed by atoms with Gasteiger partial charge >= 0.3 is 0 Å². The quantitative estimate of drug-likeness (QED) is 0.705. The van der Waals surface area contributed by atoms with Crippen LogP contribution in [0.5, 0.6) is 0 Å². The van der Waals surface area contributed by atoms with Crippen LogP contribution in [-0.4, -0.2) is 25.3 Å². The largest absolute Gasteiger partial charge is 0.399 e. The van der Waals surface area contributed by atoms with E-state index in [1.165, 1.54) is 0 Å². The zero-order chi connectivity index (χ0) is 11.7. The summed E-state index contributed by atoms with van der Waals surface area (Å²) in [7, 11) is 0. The van der Waals surface area contributed by atoms with Gasteiger partial charge in [0.1, 0.15) is 0 Å². The molecule has 1 fully saturated rings. The van der Waals surface area contributed by atoms with Crippen LogP contribution in [0, 0.1) is 0 Å². The van der Waals surface area contributed by atoms with Gasteiger partial charge in [-0.1, -0.05) is 0 Å². The van der Waals surface area contributed by atoms with E-state index in [4.69, 9.17) is 16.2 Å². The molecule has 2 atom stereocenters. The minimum absolute atomic E-state index is 0.237. The fraction of sp³-hybridized carbons (Fsp3) is 0.500. The number of anilines is 3. The Morgan fingerprint density at radius 3 is 2.38 bits per heavy atom. The van der Waals surface area contributed by atoms with E-state index in [1.807, 2.05) is 12.1 Å². The van der Waals surface area contributed by atoms with Gasteiger partial charge in [0.15, 0.2) is 0 Å². The summed E-state index contributed by atoms with van der Waals surface area (Å²) >= 11 is 0. The summed E-state index contributed by atoms with van der Waals surface area (Å²) in [5.74, 6) is 0. The van der Waals surface area contributed by atoms with Crippen LogP contribution in [0.3, 0.4) is 0 Å². The van der Waals surface area contributed by atoms with Gasteiger partial charge in [-0.2, -0.15) is 0 Å². The molecule has 2 rings (SSSR count). The maximum Gasteiger partial charge on any atom is 0.0726 e. The lowest BCUT2D eigenvalue weighted by Gasteiger charge is -2.37. The molecule has 88 valence electrons. The van der Waals surface area contributed by atoms with Crippen LogP contribution >= 0.6 is 0 Å². The Morgan fingerprint density at radius 2 is 1.81 bits per heavy atom. The second kappa shape index (κ2) is 4.22. The summed E-state index contributed by atoms with van der Waals surface area (Å²) in [5, 5.41) is 0. The number of benzene rings is 1. The van der Waals surface area contributed by atoms with Crippen molar-refractivity contribution in [2.45, 2.75) is 26.1 Å². The highest BCUT2D eigenvalue weighted by Crippen LogP contribution is 2.27. The molecule has 4 heteroatoms. The summed E-state index contributed by atoms with van der Waals surface area (Å²) in [5.41, 5.74) is 14.2. The Labute approximate surface area is 96.2 Å². The summed E-state index contributed by atoms with van der Waals surface area (Å²) < 4.78 is 5.69. The van der Waals surface area contributed by atoms with Crippen molar-refractivity contribution in [3.8, 4) is 0 Å². The molecule has 1 saturated heterocycles. The minimum Gasteiger partial charge on any atom is -0.399 e. The molecule has 1 aliphatic rings. The molecule has 0 aliphatic carbocycles. The van der Waals surface area contributed by atoms with Gasteiger partial charge < -0.3 is 21.1 Å². The van der Waals surface area contributed by atoms with Crippen LogP contribution < -0.4 is 16.4 Å². The summed E-state index contributed by atoms with van der Waals surface area (Å²) in [6, 6.07) is 5.67. The third-order valence-corrected chi connectivity index (χ3v) is 2.81. The second-order valence-corrected chi connectivity index (χ2v) is 4.48. The molecule has 0 saturated carbocycles. The van der Waals surface area contributed by atoms with Gasteiger partial charge in [0.25, 0.3) is 0 Å². The van der Waals surface area contributed by atoms with Gasteiger partial charge in [0.05, 0.1) is 23.6 Å². The lowest BCUT2D eigenvalue weighted by molar-refractivity contribution is -0.00516. The lowest BCUT2D eigenvalue weighted by atomic mass is 10.1. The number of nitrogen functional groups attached to an aromatic ring is 2. The van der Waals surface area contributed by atoms with E-state index in [2.05, 4.69) is 18.7 Å². The molecule has 1 aromatic rings. The zero-order valence-corrected chi connectivity index (χ0v) is 9.81. The Morgan fingerprint density at radius 1 is 1.19 bits per heavy atom. The number of morpholine rings is 1. The fourth-order valence-electron chi connectivity index (χ4n) is 2.24. The first kappa shape index (κ1) is 11.1. The molecular weight excluding hydrogens is 202 g/mol. The molecule has 0 spiro atoms. The Kier molecular flexibility index (Phi) is 2.92. The molecule has 16 heavy (non-hydrogen) atoms. The fourth-order valence-corrected chi connectivity index (χ4v) is 2.24. The molecule has 4 nitrogen and oxygen atoms in total. The molecule has 0 aromatic heterocycles. The minimum atomic E-state index is 0.237. The maximum atomic E-state index is 5.98. The third kappa shape index (κ3) is 2.22. The highest BCUT2D eigenvalue weighted by Gasteiger charge is 2.23. The van der Waals surface area contributed by atoms with Gasteiger partial charge in [-0.15, -0.1) is 0 Å². The van der Waals surface area contributed by atoms with E-state index >= 15 is 0 Å². The third-order valence-electron chi connectivity index (χ3n) is 2.81. The van der Waals surface area contributed by atoms with Gasteiger partial charge in [0.2, 0.25) is 0 Å². The van der Waals surface area contributed by atoms with Crippen LogP contribution in [0.2, 0.25) is 0 Å². The van der Waals surface area contributed by atoms with Gasteiger partial charge in [0, 0.05) is 18.8 Å². The average Bonchev–Trinajstić information content (AvgIpc) is 2.15. The van der Waals surface area contributed by atoms with Gasteiger partial charge in [-0.3, -0.25) is 0 Å². The van der Waals surface area contributed by atoms with Crippen LogP contribution in [0.1, 0.15) is 13.8 Å². The van der Waals surface area contributed by atoms with Crippen molar-refractivity contribution in [2.75, 3.05) is 29.5 Å². The summed E-state index contributed by atoms with van der Waals surface area (Å²) in [4.78, 5) is 2.26. The number of ether oxygens (including phenoxy) is 1. The molecule has 0 unspecified atom stereocenters. The van der Waals surface area contributed by atoms with Crippen molar-refractivity contribution in [3.63, 3.8) is 0 Å². The van der Waals surface area contributed by atoms with Crippen LogP contribution in [0.25, 0.3) is 0 Å². The number of rotatable bonds is 1. The van der Waals surface area contributed by atoms with E-state index in [1.54, 1.807) is 6.07 Å². The van der Waals surface area contributed by atoms with Crippen molar-refractivity contribution in [3.05, 3.63) is 18.2 Å². The van der Waals surface area contributed by atoms with Gasteiger partial charge in [-0.25, -0.2) is 0 Å². The monoisotopic (exact) mass is 221 g/mol. The standard InChI is InChI=1S/C12H19N3O/c1-8-6-15(7-9(2)16-8)12-4-3-10(13)5-11(12)14/h3-5,8-9H,6-7,13-14H2,1-2H3/t8-,9-/m1/s1. The molecule has 1 aromatic carbocycles. The van der Waals surface area contributed by atoms with Crippen LogP contribution in [-0.2, 0) is 4.74 Å². The van der Waals surface area contributed by atoms with Crippen molar-refractivity contribution < 1.29 is 4.74 Å². The topological polar surface area (TPSA) is 64.5 Å². The molecule has 0 bridgehead atoms. The van der Waals surface area contributed by atoms with Crippen LogP contribution in [0.4, 0.5) is 17.1 Å². The van der Waals surface area contributed by atoms with Crippen LogP contribution in [0.15, 0.2) is 18.2 Å². The molecule has 0 amide bonds. The predicted octanol–water partition coefficient (Wildman–Crippen LogP) is 1.46. The SMILES string of the molecule is C[C@@H]1CN(c2ccc(N)cc2N)C[C@@H](C)O1. The smallest absolute Gasteiger partial charge is 0.0726 e. The molecule has 0 radical (unpaired) electrons. The summed E-state index contributed by atoms with van der Waals surface area (Å²) in [6.45, 7) is 5.91. The van der Waals surface area contributed by atoms with Crippen molar-refractivity contribution >= 4 is 17.1 Å². The summed E-state index contributed by atoms with van der Waals surface area (Å²) in [6.07, 6.45) is 0.474. The highest BCUT2D eigenvalue weighted by molar-refractivity contribution is 5.72. The van der Waals surface area contributed by atoms with E-state index in [-0.39, 0.29) is 12.2 Å². The Balaban J connectivity index is 2.23. The van der Waals surface area contributed by atoms with Crippen molar-refractivity contribution in [1.29, 1.82) is 0 Å². The zero-order valence-electron chi connectivity index (χ0n) is 9.81. The number of nitrogens with zero attached hydrogens (tertiary/aromatic N) is 1. The van der Waals surface area contributed by atoms with E-state index in [9.17, 15) is 0 Å². The number of hydrogen-bond donors (Lipinski definition) is 2. The van der Waals surface area contributed by atoms with E-state index < -0.39 is 0 Å². The first-order chi connectivity index (χ1) is 7.56. The molecule has 4 N–H and O–H groups in total. The average molecular weight is 221 g/mol. The molecule has 1 heterocycles. The highest BCUT2D eigenvalue weighted by atomic mass is 16.5. The first-order valence-electron chi connectivity index (χ1n) is 5.61. The first-order valence-corrected chi connectivity index (χ1v) is 5.61. The predicted molar refractivity (Wildman–Crippen MR) is 67.5 cm³/mol. The van der Waals surface area contributed by atoms with E-state index in [0.717, 1.165) is 24.5 Å². The van der Waals surface area contributed by atoms with Crippen molar-refractivity contribution in [1.82, 2.24) is 0 Å². The number of hydrogen-bond acceptors (Lipinski definition) is 4. The van der Waals surface area contributed by atoms with Crippen molar-refractivity contribution in [2.24, 2.45) is 0 Å². The maximum absolute atomic E-state index is 5.98. The molecule has 1 aliphatic heterocycles. The van der Waals surface area contributed by atoms with Gasteiger partial charge in [-0.05, 0) is 32.0 Å². The number of nitrogens with two attached hydrogens (primary N) is 2. The Hall–Kier alpha value is -1.42. The molecular formula is C12H19N3O. The van der Waals surface area contributed by atoms with E-state index in [0.29, 0.717) is 5.69 Å². The normalized spacial score (nSPS) is 25.8.